The predicted molar refractivity (Wildman–Crippen MR) is 183 cm³/mol. The van der Waals surface area contributed by atoms with E-state index in [-0.39, 0.29) is 24.2 Å². The van der Waals surface area contributed by atoms with Crippen molar-refractivity contribution >= 4 is 17.8 Å². The molecule has 0 saturated carbocycles. The van der Waals surface area contributed by atoms with E-state index in [1.54, 1.807) is 0 Å². The van der Waals surface area contributed by atoms with E-state index >= 15 is 0 Å². The summed E-state index contributed by atoms with van der Waals surface area (Å²) in [6.07, 6.45) is 1.18. The first kappa shape index (κ1) is 34.2. The van der Waals surface area contributed by atoms with Crippen molar-refractivity contribution in [3.8, 4) is 0 Å². The summed E-state index contributed by atoms with van der Waals surface area (Å²) in [4.78, 5) is 41.3. The van der Waals surface area contributed by atoms with Gasteiger partial charge in [0.25, 0.3) is 0 Å². The Hall–Kier alpha value is -4.71. The summed E-state index contributed by atoms with van der Waals surface area (Å²) in [6.45, 7) is 8.20. The van der Waals surface area contributed by atoms with Gasteiger partial charge in [-0.25, -0.2) is 4.79 Å². The third kappa shape index (κ3) is 10.4. The van der Waals surface area contributed by atoms with Crippen molar-refractivity contribution < 1.29 is 19.1 Å². The highest BCUT2D eigenvalue weighted by atomic mass is 16.5. The molecule has 0 unspecified atom stereocenters. The molecule has 0 aliphatic rings. The summed E-state index contributed by atoms with van der Waals surface area (Å²) in [7, 11) is 0. The maximum Gasteiger partial charge on any atom is 0.408 e. The van der Waals surface area contributed by atoms with Crippen LogP contribution < -0.4 is 10.6 Å². The van der Waals surface area contributed by atoms with Gasteiger partial charge in [0.2, 0.25) is 5.91 Å². The minimum Gasteiger partial charge on any atom is -0.445 e. The molecule has 4 aromatic rings. The second kappa shape index (κ2) is 17.1. The van der Waals surface area contributed by atoms with Crippen molar-refractivity contribution in [3.63, 3.8) is 0 Å². The van der Waals surface area contributed by atoms with Crippen LogP contribution >= 0.6 is 0 Å². The summed E-state index contributed by atoms with van der Waals surface area (Å²) in [5.41, 5.74) is 6.28. The van der Waals surface area contributed by atoms with E-state index in [4.69, 9.17) is 4.74 Å². The van der Waals surface area contributed by atoms with Gasteiger partial charge in [0, 0.05) is 5.92 Å². The molecule has 0 bridgehead atoms. The maximum atomic E-state index is 14.6. The Bertz CT molecular complexity index is 1520. The van der Waals surface area contributed by atoms with Gasteiger partial charge in [-0.05, 0) is 78.8 Å². The van der Waals surface area contributed by atoms with E-state index in [0.29, 0.717) is 25.7 Å². The van der Waals surface area contributed by atoms with E-state index in [9.17, 15) is 14.4 Å². The van der Waals surface area contributed by atoms with Gasteiger partial charge in [-0.3, -0.25) is 9.59 Å². The van der Waals surface area contributed by atoms with Gasteiger partial charge >= 0.3 is 6.09 Å². The summed E-state index contributed by atoms with van der Waals surface area (Å²) in [6, 6.07) is 33.7. The lowest BCUT2D eigenvalue weighted by Gasteiger charge is -2.27. The molecular weight excluding hydrogens is 572 g/mol. The summed E-state index contributed by atoms with van der Waals surface area (Å²) in [5, 5.41) is 5.84. The van der Waals surface area contributed by atoms with Crippen LogP contribution in [-0.2, 0) is 40.2 Å². The fourth-order valence-electron chi connectivity index (χ4n) is 5.72. The average Bonchev–Trinajstić information content (AvgIpc) is 3.05. The number of aryl methyl sites for hydroxylation is 2. The second-order valence-electron chi connectivity index (χ2n) is 12.5. The van der Waals surface area contributed by atoms with Crippen LogP contribution in [0, 0.1) is 25.7 Å². The first-order chi connectivity index (χ1) is 22.2. The number of ether oxygens (including phenoxy) is 1. The van der Waals surface area contributed by atoms with Crippen molar-refractivity contribution in [2.24, 2.45) is 11.8 Å². The largest absolute Gasteiger partial charge is 0.445 e. The van der Waals surface area contributed by atoms with E-state index in [0.717, 1.165) is 33.4 Å². The fraction of sp³-hybridized carbons (Fsp3) is 0.325. The second-order valence-corrected chi connectivity index (χ2v) is 12.5. The minimum atomic E-state index is -0.861. The predicted octanol–water partition coefficient (Wildman–Crippen LogP) is 7.34. The lowest BCUT2D eigenvalue weighted by atomic mass is 9.83. The smallest absolute Gasteiger partial charge is 0.408 e. The summed E-state index contributed by atoms with van der Waals surface area (Å²) >= 11 is 0. The first-order valence-corrected chi connectivity index (χ1v) is 16.1. The minimum absolute atomic E-state index is 0.0290. The Labute approximate surface area is 273 Å². The van der Waals surface area contributed by atoms with Crippen molar-refractivity contribution in [1.82, 2.24) is 10.6 Å². The molecule has 0 aliphatic carbocycles. The monoisotopic (exact) mass is 618 g/mol. The molecule has 0 fully saturated rings. The van der Waals surface area contributed by atoms with Gasteiger partial charge in [0.15, 0.2) is 5.78 Å². The molecule has 4 rings (SSSR count). The Morgan fingerprint density at radius 3 is 1.63 bits per heavy atom. The van der Waals surface area contributed by atoms with Crippen molar-refractivity contribution in [3.05, 3.63) is 143 Å². The summed E-state index contributed by atoms with van der Waals surface area (Å²) in [5.74, 6) is -0.685. The molecule has 0 aliphatic heterocycles. The molecule has 0 aromatic heterocycles. The molecule has 0 spiro atoms. The van der Waals surface area contributed by atoms with E-state index < -0.39 is 24.1 Å². The zero-order valence-electron chi connectivity index (χ0n) is 27.4. The SMILES string of the molecule is Cc1ccccc1CC(Cc1ccccc1C)C(=O)[C@H](Cc1ccccc1)NC(=O)[C@H](CC(C)C)NC(=O)OCc1ccccc1. The molecule has 240 valence electrons. The lowest BCUT2D eigenvalue weighted by molar-refractivity contribution is -0.131. The summed E-state index contributed by atoms with van der Waals surface area (Å²) < 4.78 is 5.43. The quantitative estimate of drug-likeness (QED) is 0.146. The molecule has 0 heterocycles. The van der Waals surface area contributed by atoms with Gasteiger partial charge in [0.1, 0.15) is 12.6 Å². The van der Waals surface area contributed by atoms with Gasteiger partial charge in [-0.2, -0.15) is 0 Å². The van der Waals surface area contributed by atoms with Crippen LogP contribution in [0.2, 0.25) is 0 Å². The van der Waals surface area contributed by atoms with Gasteiger partial charge in [0.05, 0.1) is 6.04 Å². The first-order valence-electron chi connectivity index (χ1n) is 16.1. The van der Waals surface area contributed by atoms with E-state index in [1.165, 1.54) is 0 Å². The van der Waals surface area contributed by atoms with Crippen molar-refractivity contribution in [2.75, 3.05) is 0 Å². The molecule has 0 saturated heterocycles. The number of hydrogen-bond acceptors (Lipinski definition) is 4. The molecule has 2 amide bonds. The van der Waals surface area contributed by atoms with Crippen LogP contribution in [0.4, 0.5) is 4.79 Å². The molecule has 2 atom stereocenters. The highest BCUT2D eigenvalue weighted by Crippen LogP contribution is 2.23. The molecule has 0 radical (unpaired) electrons. The standard InChI is InChI=1S/C40H46N2O4/c1-28(2)23-37(42-40(45)46-27-32-19-9-6-10-20-32)39(44)41-36(24-31-17-7-5-8-18-31)38(43)35(25-33-21-13-11-15-29(33)3)26-34-22-14-12-16-30(34)4/h5-22,28,35-37H,23-27H2,1-4H3,(H,41,44)(H,42,45)/t36-,37-/m0/s1. The highest BCUT2D eigenvalue weighted by molar-refractivity contribution is 5.93. The number of carbonyl (C=O) groups is 3. The van der Waals surface area contributed by atoms with Crippen molar-refractivity contribution in [2.45, 2.75) is 72.1 Å². The van der Waals surface area contributed by atoms with Crippen LogP contribution in [0.15, 0.2) is 109 Å². The molecular formula is C40H46N2O4. The Morgan fingerprint density at radius 2 is 1.11 bits per heavy atom. The van der Waals surface area contributed by atoms with Crippen molar-refractivity contribution in [1.29, 1.82) is 0 Å². The Balaban J connectivity index is 1.59. The van der Waals surface area contributed by atoms with E-state index in [1.807, 2.05) is 98.8 Å². The van der Waals surface area contributed by atoms with Crippen LogP contribution in [-0.4, -0.2) is 29.9 Å². The molecule has 46 heavy (non-hydrogen) atoms. The number of carbonyl (C=O) groups excluding carboxylic acids is 3. The third-order valence-corrected chi connectivity index (χ3v) is 8.33. The molecule has 4 aromatic carbocycles. The third-order valence-electron chi connectivity index (χ3n) is 8.33. The van der Waals surface area contributed by atoms with Crippen LogP contribution in [0.25, 0.3) is 0 Å². The fourth-order valence-corrected chi connectivity index (χ4v) is 5.72. The van der Waals surface area contributed by atoms with E-state index in [2.05, 4.69) is 48.7 Å². The van der Waals surface area contributed by atoms with Crippen LogP contribution in [0.1, 0.15) is 53.6 Å². The normalized spacial score (nSPS) is 12.4. The number of benzene rings is 4. The number of ketones is 1. The van der Waals surface area contributed by atoms with Crippen LogP contribution in [0.5, 0.6) is 0 Å². The molecule has 6 heteroatoms. The van der Waals surface area contributed by atoms with Gasteiger partial charge in [-0.1, -0.05) is 123 Å². The average molecular weight is 619 g/mol. The zero-order chi connectivity index (χ0) is 32.9. The number of hydrogen-bond donors (Lipinski definition) is 2. The highest BCUT2D eigenvalue weighted by Gasteiger charge is 2.32. The number of rotatable bonds is 15. The van der Waals surface area contributed by atoms with Gasteiger partial charge in [-0.15, -0.1) is 0 Å². The number of nitrogens with one attached hydrogen (secondary N) is 2. The van der Waals surface area contributed by atoms with Gasteiger partial charge < -0.3 is 15.4 Å². The number of amides is 2. The zero-order valence-corrected chi connectivity index (χ0v) is 27.4. The molecule has 2 N–H and O–H groups in total. The number of Topliss-reactive ketones (excluding diaryl/α,β-unsaturated/α-hetero) is 1. The topological polar surface area (TPSA) is 84.5 Å². The number of alkyl carbamates (subject to hydrolysis) is 1. The Kier molecular flexibility index (Phi) is 12.7. The molecule has 6 nitrogen and oxygen atoms in total. The maximum absolute atomic E-state index is 14.6. The lowest BCUT2D eigenvalue weighted by Crippen LogP contribution is -2.54. The Morgan fingerprint density at radius 1 is 0.609 bits per heavy atom. The van der Waals surface area contributed by atoms with Crippen LogP contribution in [0.3, 0.4) is 0 Å².